The molecule has 2 heterocycles. The van der Waals surface area contributed by atoms with Gasteiger partial charge in [-0.2, -0.15) is 10.2 Å². The van der Waals surface area contributed by atoms with Crippen LogP contribution in [0.5, 0.6) is 0 Å². The third-order valence-corrected chi connectivity index (χ3v) is 3.86. The second-order valence-corrected chi connectivity index (χ2v) is 5.72. The molecule has 0 atom stereocenters. The maximum atomic E-state index is 11.5. The van der Waals surface area contributed by atoms with Crippen molar-refractivity contribution >= 4 is 16.6 Å². The Balaban J connectivity index is 1.71. The van der Waals surface area contributed by atoms with Crippen molar-refractivity contribution in [2.75, 3.05) is 31.6 Å². The van der Waals surface area contributed by atoms with Gasteiger partial charge in [0, 0.05) is 35.9 Å². The number of unbranched alkanes of at least 4 members (excludes halogenated alkanes) is 1. The standard InChI is InChI=1S/C17H22N6O2/c18-3-1-2-5-25-6-4-19-15-7-12(8-16-14(15)11-21-22-16)13-9-17(24)23-20-10-13/h7-11,19H,1-6,18H2,(H,21,22)(H,23,24). The van der Waals surface area contributed by atoms with Gasteiger partial charge in [-0.1, -0.05) is 0 Å². The van der Waals surface area contributed by atoms with Crippen LogP contribution in [-0.4, -0.2) is 46.7 Å². The van der Waals surface area contributed by atoms with Crippen LogP contribution in [0.1, 0.15) is 12.8 Å². The number of nitrogens with zero attached hydrogens (tertiary/aromatic N) is 2. The molecule has 8 nitrogen and oxygen atoms in total. The minimum Gasteiger partial charge on any atom is -0.382 e. The summed E-state index contributed by atoms with van der Waals surface area (Å²) in [5, 5.41) is 17.7. The molecule has 1 aromatic carbocycles. The first-order valence-corrected chi connectivity index (χ1v) is 8.32. The van der Waals surface area contributed by atoms with E-state index in [0.29, 0.717) is 19.7 Å². The zero-order valence-electron chi connectivity index (χ0n) is 13.9. The topological polar surface area (TPSA) is 122 Å². The molecule has 132 valence electrons. The Morgan fingerprint density at radius 1 is 1.04 bits per heavy atom. The lowest BCUT2D eigenvalue weighted by molar-refractivity contribution is 0.140. The van der Waals surface area contributed by atoms with E-state index in [4.69, 9.17) is 10.5 Å². The summed E-state index contributed by atoms with van der Waals surface area (Å²) in [5.74, 6) is 0. The van der Waals surface area contributed by atoms with Crippen LogP contribution in [0.4, 0.5) is 5.69 Å². The quantitative estimate of drug-likeness (QED) is 0.437. The lowest BCUT2D eigenvalue weighted by atomic mass is 10.1. The zero-order chi connectivity index (χ0) is 17.5. The second-order valence-electron chi connectivity index (χ2n) is 5.72. The van der Waals surface area contributed by atoms with Crippen molar-refractivity contribution in [1.29, 1.82) is 0 Å². The van der Waals surface area contributed by atoms with Crippen molar-refractivity contribution < 1.29 is 4.74 Å². The number of hydrogen-bond acceptors (Lipinski definition) is 6. The fraction of sp³-hybridized carbons (Fsp3) is 0.353. The molecule has 8 heteroatoms. The molecule has 0 saturated carbocycles. The molecule has 0 fully saturated rings. The molecule has 0 radical (unpaired) electrons. The third-order valence-electron chi connectivity index (χ3n) is 3.86. The Morgan fingerprint density at radius 2 is 1.92 bits per heavy atom. The van der Waals surface area contributed by atoms with Crippen molar-refractivity contribution in [3.63, 3.8) is 0 Å². The Morgan fingerprint density at radius 3 is 2.76 bits per heavy atom. The SMILES string of the molecule is NCCCCOCCNc1cc(-c2cn[nH]c(=O)c2)cc2[nH]ncc12. The highest BCUT2D eigenvalue weighted by Gasteiger charge is 2.08. The largest absolute Gasteiger partial charge is 0.382 e. The van der Waals surface area contributed by atoms with E-state index < -0.39 is 0 Å². The maximum Gasteiger partial charge on any atom is 0.264 e. The van der Waals surface area contributed by atoms with Gasteiger partial charge in [0.25, 0.3) is 5.56 Å². The van der Waals surface area contributed by atoms with Crippen molar-refractivity contribution in [3.05, 3.63) is 40.9 Å². The predicted octanol–water partition coefficient (Wildman–Crippen LogP) is 1.48. The van der Waals surface area contributed by atoms with Crippen LogP contribution in [0.3, 0.4) is 0 Å². The summed E-state index contributed by atoms with van der Waals surface area (Å²) in [6, 6.07) is 5.46. The number of aromatic amines is 2. The van der Waals surface area contributed by atoms with Gasteiger partial charge in [0.05, 0.1) is 24.5 Å². The Bertz CT molecular complexity index is 873. The first-order valence-electron chi connectivity index (χ1n) is 8.32. The van der Waals surface area contributed by atoms with Gasteiger partial charge in [-0.3, -0.25) is 9.89 Å². The molecule has 0 bridgehead atoms. The number of ether oxygens (including phenoxy) is 1. The number of anilines is 1. The highest BCUT2D eigenvalue weighted by atomic mass is 16.5. The van der Waals surface area contributed by atoms with Gasteiger partial charge in [-0.25, -0.2) is 5.10 Å². The van der Waals surface area contributed by atoms with Crippen molar-refractivity contribution in [3.8, 4) is 11.1 Å². The molecule has 0 aliphatic carbocycles. The van der Waals surface area contributed by atoms with E-state index >= 15 is 0 Å². The zero-order valence-corrected chi connectivity index (χ0v) is 13.9. The van der Waals surface area contributed by atoms with Crippen LogP contribution in [0.15, 0.2) is 35.4 Å². The van der Waals surface area contributed by atoms with E-state index in [2.05, 4.69) is 25.7 Å². The molecule has 3 rings (SSSR count). The Kier molecular flexibility index (Phi) is 5.76. The van der Waals surface area contributed by atoms with Gasteiger partial charge in [0.2, 0.25) is 0 Å². The van der Waals surface area contributed by atoms with Crippen LogP contribution in [-0.2, 0) is 4.74 Å². The van der Waals surface area contributed by atoms with Gasteiger partial charge in [0.1, 0.15) is 0 Å². The van der Waals surface area contributed by atoms with Gasteiger partial charge in [0.15, 0.2) is 0 Å². The minimum absolute atomic E-state index is 0.234. The lowest BCUT2D eigenvalue weighted by Crippen LogP contribution is -2.11. The first-order chi connectivity index (χ1) is 12.3. The molecule has 0 aliphatic rings. The monoisotopic (exact) mass is 342 g/mol. The summed E-state index contributed by atoms with van der Waals surface area (Å²) in [4.78, 5) is 11.5. The number of H-pyrrole nitrogens is 2. The first kappa shape index (κ1) is 17.1. The van der Waals surface area contributed by atoms with Crippen LogP contribution in [0.2, 0.25) is 0 Å². The summed E-state index contributed by atoms with van der Waals surface area (Å²) >= 11 is 0. The van der Waals surface area contributed by atoms with Crippen LogP contribution >= 0.6 is 0 Å². The van der Waals surface area contributed by atoms with E-state index in [9.17, 15) is 4.79 Å². The van der Waals surface area contributed by atoms with Crippen LogP contribution < -0.4 is 16.6 Å². The summed E-state index contributed by atoms with van der Waals surface area (Å²) < 4.78 is 5.58. The summed E-state index contributed by atoms with van der Waals surface area (Å²) in [6.07, 6.45) is 5.37. The summed E-state index contributed by atoms with van der Waals surface area (Å²) in [7, 11) is 0. The summed E-state index contributed by atoms with van der Waals surface area (Å²) in [6.45, 7) is 2.71. The number of nitrogens with two attached hydrogens (primary N) is 1. The fourth-order valence-corrected chi connectivity index (χ4v) is 2.61. The number of nitrogens with one attached hydrogen (secondary N) is 3. The average molecular weight is 342 g/mol. The van der Waals surface area contributed by atoms with Gasteiger partial charge in [-0.05, 0) is 37.1 Å². The number of aromatic nitrogens is 4. The number of hydrogen-bond donors (Lipinski definition) is 4. The number of fused-ring (bicyclic) bond motifs is 1. The maximum absolute atomic E-state index is 11.5. The smallest absolute Gasteiger partial charge is 0.264 e. The van der Waals surface area contributed by atoms with E-state index in [1.807, 2.05) is 12.1 Å². The van der Waals surface area contributed by atoms with E-state index in [1.165, 1.54) is 6.07 Å². The Labute approximate surface area is 144 Å². The molecule has 5 N–H and O–H groups in total. The van der Waals surface area contributed by atoms with Crippen LogP contribution in [0, 0.1) is 0 Å². The van der Waals surface area contributed by atoms with Gasteiger partial charge >= 0.3 is 0 Å². The second kappa shape index (κ2) is 8.41. The fourth-order valence-electron chi connectivity index (χ4n) is 2.61. The molecule has 0 saturated heterocycles. The molecular formula is C17H22N6O2. The molecule has 0 spiro atoms. The molecule has 0 unspecified atom stereocenters. The highest BCUT2D eigenvalue weighted by molar-refractivity contribution is 5.95. The van der Waals surface area contributed by atoms with Gasteiger partial charge < -0.3 is 15.8 Å². The molecule has 25 heavy (non-hydrogen) atoms. The van der Waals surface area contributed by atoms with Crippen LogP contribution in [0.25, 0.3) is 22.0 Å². The minimum atomic E-state index is -0.234. The molecule has 0 amide bonds. The number of rotatable bonds is 9. The van der Waals surface area contributed by atoms with Gasteiger partial charge in [-0.15, -0.1) is 0 Å². The Hall–Kier alpha value is -2.71. The van der Waals surface area contributed by atoms with E-state index in [-0.39, 0.29) is 5.56 Å². The predicted molar refractivity (Wildman–Crippen MR) is 97.5 cm³/mol. The average Bonchev–Trinajstić information content (AvgIpc) is 3.09. The summed E-state index contributed by atoms with van der Waals surface area (Å²) in [5.41, 5.74) is 8.69. The molecule has 2 aromatic heterocycles. The van der Waals surface area contributed by atoms with E-state index in [1.54, 1.807) is 12.4 Å². The normalized spacial score (nSPS) is 11.1. The van der Waals surface area contributed by atoms with Crippen molar-refractivity contribution in [2.45, 2.75) is 12.8 Å². The van der Waals surface area contributed by atoms with Crippen molar-refractivity contribution in [2.24, 2.45) is 5.73 Å². The molecule has 0 aliphatic heterocycles. The molecular weight excluding hydrogens is 320 g/mol. The van der Waals surface area contributed by atoms with Crippen molar-refractivity contribution in [1.82, 2.24) is 20.4 Å². The lowest BCUT2D eigenvalue weighted by Gasteiger charge is -2.10. The highest BCUT2D eigenvalue weighted by Crippen LogP contribution is 2.29. The van der Waals surface area contributed by atoms with E-state index in [0.717, 1.165) is 47.2 Å². The molecule has 3 aromatic rings. The third kappa shape index (κ3) is 4.43. The number of benzene rings is 1.